The number of rotatable bonds is 6. The van der Waals surface area contributed by atoms with Crippen LogP contribution in [-0.2, 0) is 17.6 Å². The van der Waals surface area contributed by atoms with Crippen LogP contribution in [0.5, 0.6) is 0 Å². The maximum absolute atomic E-state index is 9.67. The molecule has 3 nitrogen and oxygen atoms in total. The van der Waals surface area contributed by atoms with Gasteiger partial charge in [0.15, 0.2) is 0 Å². The number of fused-ring (bicyclic) bond motifs is 1. The van der Waals surface area contributed by atoms with Crippen molar-refractivity contribution in [3.63, 3.8) is 0 Å². The van der Waals surface area contributed by atoms with Crippen molar-refractivity contribution in [2.24, 2.45) is 0 Å². The van der Waals surface area contributed by atoms with Gasteiger partial charge in [-0.3, -0.25) is 0 Å². The van der Waals surface area contributed by atoms with Gasteiger partial charge in [-0.15, -0.1) is 0 Å². The van der Waals surface area contributed by atoms with Crippen LogP contribution in [0.4, 0.5) is 0 Å². The molecule has 2 rings (SSSR count). The van der Waals surface area contributed by atoms with Crippen LogP contribution in [0, 0.1) is 0 Å². The Morgan fingerprint density at radius 3 is 2.59 bits per heavy atom. The van der Waals surface area contributed by atoms with E-state index >= 15 is 0 Å². The van der Waals surface area contributed by atoms with Crippen LogP contribution >= 0.6 is 0 Å². The molecule has 1 aliphatic carbocycles. The molecule has 1 aliphatic rings. The summed E-state index contributed by atoms with van der Waals surface area (Å²) >= 11 is 0. The van der Waals surface area contributed by atoms with Gasteiger partial charge in [-0.25, -0.2) is 0 Å². The maximum atomic E-state index is 9.67. The standard InChI is InChI=1S/C14H21NO2/c1-2-17-10-14(16)9-15-13-7-11-5-3-4-6-12(11)8-13/h3-6,13-16H,2,7-10H2,1H3. The smallest absolute Gasteiger partial charge is 0.0897 e. The van der Waals surface area contributed by atoms with Crippen LogP contribution in [0.2, 0.25) is 0 Å². The first-order valence-electron chi connectivity index (χ1n) is 6.35. The second kappa shape index (κ2) is 6.15. The van der Waals surface area contributed by atoms with Gasteiger partial charge in [0.1, 0.15) is 0 Å². The Morgan fingerprint density at radius 1 is 1.35 bits per heavy atom. The Bertz CT molecular complexity index is 329. The molecule has 0 spiro atoms. The monoisotopic (exact) mass is 235 g/mol. The lowest BCUT2D eigenvalue weighted by Gasteiger charge is -2.15. The van der Waals surface area contributed by atoms with Gasteiger partial charge < -0.3 is 15.2 Å². The highest BCUT2D eigenvalue weighted by molar-refractivity contribution is 5.33. The van der Waals surface area contributed by atoms with E-state index in [2.05, 4.69) is 29.6 Å². The van der Waals surface area contributed by atoms with Crippen LogP contribution in [0.25, 0.3) is 0 Å². The molecule has 3 heteroatoms. The molecule has 1 aromatic rings. The highest BCUT2D eigenvalue weighted by atomic mass is 16.5. The molecule has 17 heavy (non-hydrogen) atoms. The van der Waals surface area contributed by atoms with Crippen LogP contribution in [-0.4, -0.2) is 37.0 Å². The van der Waals surface area contributed by atoms with Crippen molar-refractivity contribution in [2.45, 2.75) is 31.9 Å². The summed E-state index contributed by atoms with van der Waals surface area (Å²) in [5.74, 6) is 0. The Hall–Kier alpha value is -0.900. The average molecular weight is 235 g/mol. The maximum Gasteiger partial charge on any atom is 0.0897 e. The van der Waals surface area contributed by atoms with Gasteiger partial charge in [-0.1, -0.05) is 24.3 Å². The predicted molar refractivity (Wildman–Crippen MR) is 68.1 cm³/mol. The summed E-state index contributed by atoms with van der Waals surface area (Å²) in [7, 11) is 0. The molecular formula is C14H21NO2. The Morgan fingerprint density at radius 2 is 2.00 bits per heavy atom. The molecule has 1 atom stereocenters. The first kappa shape index (κ1) is 12.6. The Balaban J connectivity index is 1.73. The number of hydrogen-bond acceptors (Lipinski definition) is 3. The van der Waals surface area contributed by atoms with Gasteiger partial charge in [-0.2, -0.15) is 0 Å². The third-order valence-corrected chi connectivity index (χ3v) is 3.21. The van der Waals surface area contributed by atoms with Crippen LogP contribution < -0.4 is 5.32 Å². The van der Waals surface area contributed by atoms with Crippen molar-refractivity contribution >= 4 is 0 Å². The summed E-state index contributed by atoms with van der Waals surface area (Å²) < 4.78 is 5.18. The summed E-state index contributed by atoms with van der Waals surface area (Å²) in [6.07, 6.45) is 1.73. The highest BCUT2D eigenvalue weighted by Gasteiger charge is 2.20. The van der Waals surface area contributed by atoms with Gasteiger partial charge in [-0.05, 0) is 30.9 Å². The molecule has 0 fully saturated rings. The quantitative estimate of drug-likeness (QED) is 0.777. The van der Waals surface area contributed by atoms with Gasteiger partial charge in [0.05, 0.1) is 12.7 Å². The molecule has 1 unspecified atom stereocenters. The predicted octanol–water partition coefficient (Wildman–Crippen LogP) is 1.14. The normalized spacial score (nSPS) is 17.1. The summed E-state index contributed by atoms with van der Waals surface area (Å²) in [5.41, 5.74) is 2.87. The summed E-state index contributed by atoms with van der Waals surface area (Å²) in [5, 5.41) is 13.1. The minimum absolute atomic E-state index is 0.404. The topological polar surface area (TPSA) is 41.5 Å². The van der Waals surface area contributed by atoms with Crippen molar-refractivity contribution < 1.29 is 9.84 Å². The second-order valence-electron chi connectivity index (χ2n) is 4.60. The third-order valence-electron chi connectivity index (χ3n) is 3.21. The zero-order chi connectivity index (χ0) is 12.1. The van der Waals surface area contributed by atoms with Gasteiger partial charge >= 0.3 is 0 Å². The van der Waals surface area contributed by atoms with Crippen molar-refractivity contribution in [1.82, 2.24) is 5.32 Å². The molecule has 94 valence electrons. The van der Waals surface area contributed by atoms with Crippen molar-refractivity contribution in [3.05, 3.63) is 35.4 Å². The van der Waals surface area contributed by atoms with Gasteiger partial charge in [0.25, 0.3) is 0 Å². The Labute approximate surface area is 103 Å². The molecule has 0 heterocycles. The number of nitrogens with one attached hydrogen (secondary N) is 1. The number of ether oxygens (including phenoxy) is 1. The van der Waals surface area contributed by atoms with E-state index in [-0.39, 0.29) is 0 Å². The SMILES string of the molecule is CCOCC(O)CNC1Cc2ccccc2C1. The first-order chi connectivity index (χ1) is 8.29. The summed E-state index contributed by atoms with van der Waals surface area (Å²) in [4.78, 5) is 0. The van der Waals surface area contributed by atoms with Gasteiger partial charge in [0, 0.05) is 19.2 Å². The average Bonchev–Trinajstić information content (AvgIpc) is 2.76. The molecule has 0 amide bonds. The second-order valence-corrected chi connectivity index (χ2v) is 4.60. The fourth-order valence-electron chi connectivity index (χ4n) is 2.32. The van der Waals surface area contributed by atoms with E-state index in [1.54, 1.807) is 0 Å². The molecule has 2 N–H and O–H groups in total. The molecular weight excluding hydrogens is 214 g/mol. The molecule has 0 saturated carbocycles. The van der Waals surface area contributed by atoms with Crippen LogP contribution in [0.15, 0.2) is 24.3 Å². The highest BCUT2D eigenvalue weighted by Crippen LogP contribution is 2.21. The summed E-state index contributed by atoms with van der Waals surface area (Å²) in [6.45, 7) is 3.63. The third kappa shape index (κ3) is 3.53. The van der Waals surface area contributed by atoms with E-state index in [1.807, 2.05) is 6.92 Å². The van der Waals surface area contributed by atoms with Crippen LogP contribution in [0.1, 0.15) is 18.1 Å². The number of aliphatic hydroxyl groups is 1. The van der Waals surface area contributed by atoms with E-state index in [0.29, 0.717) is 25.8 Å². The number of benzene rings is 1. The van der Waals surface area contributed by atoms with Crippen molar-refractivity contribution in [1.29, 1.82) is 0 Å². The van der Waals surface area contributed by atoms with E-state index in [4.69, 9.17) is 4.74 Å². The molecule has 0 aliphatic heterocycles. The number of aliphatic hydroxyl groups excluding tert-OH is 1. The van der Waals surface area contributed by atoms with Crippen LogP contribution in [0.3, 0.4) is 0 Å². The van der Waals surface area contributed by atoms with Crippen molar-refractivity contribution in [2.75, 3.05) is 19.8 Å². The minimum Gasteiger partial charge on any atom is -0.389 e. The summed E-state index contributed by atoms with van der Waals surface area (Å²) in [6, 6.07) is 9.01. The molecule has 0 bridgehead atoms. The van der Waals surface area contributed by atoms with E-state index < -0.39 is 6.10 Å². The zero-order valence-corrected chi connectivity index (χ0v) is 10.4. The lowest BCUT2D eigenvalue weighted by molar-refractivity contribution is 0.0415. The first-order valence-corrected chi connectivity index (χ1v) is 6.35. The molecule has 0 radical (unpaired) electrons. The lowest BCUT2D eigenvalue weighted by atomic mass is 10.1. The fourth-order valence-corrected chi connectivity index (χ4v) is 2.32. The molecule has 0 aromatic heterocycles. The van der Waals surface area contributed by atoms with E-state index in [0.717, 1.165) is 12.8 Å². The molecule has 0 saturated heterocycles. The van der Waals surface area contributed by atoms with E-state index in [9.17, 15) is 5.11 Å². The number of hydrogen-bond donors (Lipinski definition) is 2. The van der Waals surface area contributed by atoms with Gasteiger partial charge in [0.2, 0.25) is 0 Å². The Kier molecular flexibility index (Phi) is 4.54. The lowest BCUT2D eigenvalue weighted by Crippen LogP contribution is -2.37. The van der Waals surface area contributed by atoms with E-state index in [1.165, 1.54) is 11.1 Å². The minimum atomic E-state index is -0.404. The molecule has 1 aromatic carbocycles. The zero-order valence-electron chi connectivity index (χ0n) is 10.4. The largest absolute Gasteiger partial charge is 0.389 e. The fraction of sp³-hybridized carbons (Fsp3) is 0.571. The van der Waals surface area contributed by atoms with Crippen molar-refractivity contribution in [3.8, 4) is 0 Å².